The Morgan fingerprint density at radius 3 is 2.56 bits per heavy atom. The van der Waals surface area contributed by atoms with E-state index in [1.54, 1.807) is 20.8 Å². The van der Waals surface area contributed by atoms with Crippen LogP contribution < -0.4 is 0 Å². The van der Waals surface area contributed by atoms with Gasteiger partial charge in [-0.1, -0.05) is 0 Å². The van der Waals surface area contributed by atoms with Crippen molar-refractivity contribution in [3.05, 3.63) is 17.0 Å². The summed E-state index contributed by atoms with van der Waals surface area (Å²) in [6, 6.07) is -0.971. The standard InChI is InChI=1S/C10H15N3O3/c1-4-13(5-14)9(10(15)16)8-6(2)11-12-7(8)3/h5,9H,4H2,1-3H3,(H,11,12)(H,15,16). The lowest BCUT2D eigenvalue weighted by molar-refractivity contribution is -0.146. The van der Waals surface area contributed by atoms with Crippen LogP contribution >= 0.6 is 0 Å². The number of aromatic amines is 1. The lowest BCUT2D eigenvalue weighted by Gasteiger charge is -2.23. The number of nitrogens with one attached hydrogen (secondary N) is 1. The van der Waals surface area contributed by atoms with Crippen LogP contribution in [0.1, 0.15) is 29.9 Å². The number of H-pyrrole nitrogens is 1. The highest BCUT2D eigenvalue weighted by Gasteiger charge is 2.29. The maximum absolute atomic E-state index is 11.2. The molecule has 0 spiro atoms. The van der Waals surface area contributed by atoms with Gasteiger partial charge in [0.25, 0.3) is 0 Å². The first-order valence-corrected chi connectivity index (χ1v) is 4.98. The van der Waals surface area contributed by atoms with Crippen molar-refractivity contribution in [3.63, 3.8) is 0 Å². The summed E-state index contributed by atoms with van der Waals surface area (Å²) >= 11 is 0. The van der Waals surface area contributed by atoms with Crippen LogP contribution in [0.2, 0.25) is 0 Å². The second-order valence-electron chi connectivity index (χ2n) is 3.52. The summed E-state index contributed by atoms with van der Waals surface area (Å²) in [6.45, 7) is 5.52. The van der Waals surface area contributed by atoms with Crippen LogP contribution in [0, 0.1) is 13.8 Å². The second kappa shape index (κ2) is 4.78. The minimum atomic E-state index is -1.05. The van der Waals surface area contributed by atoms with Crippen molar-refractivity contribution in [1.82, 2.24) is 15.1 Å². The third-order valence-corrected chi connectivity index (χ3v) is 2.52. The van der Waals surface area contributed by atoms with Gasteiger partial charge in [0.1, 0.15) is 0 Å². The summed E-state index contributed by atoms with van der Waals surface area (Å²) < 4.78 is 0. The first-order chi connectivity index (χ1) is 7.52. The first-order valence-electron chi connectivity index (χ1n) is 4.98. The molecule has 0 radical (unpaired) electrons. The molecule has 6 heteroatoms. The number of nitrogens with zero attached hydrogens (tertiary/aromatic N) is 2. The lowest BCUT2D eigenvalue weighted by atomic mass is 10.0. The summed E-state index contributed by atoms with van der Waals surface area (Å²) in [4.78, 5) is 23.3. The zero-order chi connectivity index (χ0) is 12.3. The highest BCUT2D eigenvalue weighted by Crippen LogP contribution is 2.24. The average molecular weight is 225 g/mol. The number of aliphatic carboxylic acids is 1. The molecule has 6 nitrogen and oxygen atoms in total. The number of carboxylic acid groups (broad SMARTS) is 1. The Balaban J connectivity index is 3.22. The SMILES string of the molecule is CCN(C=O)C(C(=O)O)c1c(C)n[nH]c1C. The lowest BCUT2D eigenvalue weighted by Crippen LogP contribution is -2.33. The van der Waals surface area contributed by atoms with Gasteiger partial charge in [0, 0.05) is 17.8 Å². The molecule has 1 amide bonds. The van der Waals surface area contributed by atoms with Gasteiger partial charge in [0.2, 0.25) is 6.41 Å². The van der Waals surface area contributed by atoms with Crippen LogP contribution in [0.5, 0.6) is 0 Å². The van der Waals surface area contributed by atoms with E-state index >= 15 is 0 Å². The molecule has 1 rings (SSSR count). The Morgan fingerprint density at radius 1 is 1.62 bits per heavy atom. The predicted octanol–water partition coefficient (Wildman–Crippen LogP) is 0.631. The number of carbonyl (C=O) groups is 2. The maximum atomic E-state index is 11.2. The molecule has 16 heavy (non-hydrogen) atoms. The molecule has 1 aromatic heterocycles. The Hall–Kier alpha value is -1.85. The zero-order valence-electron chi connectivity index (χ0n) is 9.52. The Kier molecular flexibility index (Phi) is 3.65. The van der Waals surface area contributed by atoms with E-state index in [0.717, 1.165) is 0 Å². The van der Waals surface area contributed by atoms with Crippen molar-refractivity contribution in [2.45, 2.75) is 26.8 Å². The molecule has 0 aliphatic heterocycles. The van der Waals surface area contributed by atoms with Gasteiger partial charge < -0.3 is 10.0 Å². The maximum Gasteiger partial charge on any atom is 0.331 e. The molecule has 1 unspecified atom stereocenters. The summed E-state index contributed by atoms with van der Waals surface area (Å²) in [6.07, 6.45) is 0.546. The van der Waals surface area contributed by atoms with Gasteiger partial charge in [-0.3, -0.25) is 9.89 Å². The van der Waals surface area contributed by atoms with E-state index in [0.29, 0.717) is 29.9 Å². The number of aryl methyl sites for hydroxylation is 2. The number of hydrogen-bond donors (Lipinski definition) is 2. The highest BCUT2D eigenvalue weighted by molar-refractivity contribution is 5.78. The van der Waals surface area contributed by atoms with Crippen molar-refractivity contribution < 1.29 is 14.7 Å². The van der Waals surface area contributed by atoms with Gasteiger partial charge in [-0.2, -0.15) is 5.10 Å². The molecule has 0 aliphatic carbocycles. The molecule has 0 aliphatic rings. The van der Waals surface area contributed by atoms with Crippen molar-refractivity contribution in [3.8, 4) is 0 Å². The Bertz CT molecular complexity index is 381. The van der Waals surface area contributed by atoms with E-state index in [-0.39, 0.29) is 0 Å². The number of likely N-dealkylation sites (N-methyl/N-ethyl adjacent to an activating group) is 1. The normalized spacial score (nSPS) is 12.2. The van der Waals surface area contributed by atoms with Crippen LogP contribution in [0.4, 0.5) is 0 Å². The van der Waals surface area contributed by atoms with Gasteiger partial charge in [0.15, 0.2) is 6.04 Å². The number of carbonyl (C=O) groups excluding carboxylic acids is 1. The van der Waals surface area contributed by atoms with Crippen LogP contribution in [0.25, 0.3) is 0 Å². The minimum absolute atomic E-state index is 0.338. The average Bonchev–Trinajstić information content (AvgIpc) is 2.55. The molecule has 88 valence electrons. The van der Waals surface area contributed by atoms with E-state index in [9.17, 15) is 14.7 Å². The van der Waals surface area contributed by atoms with Crippen LogP contribution in [0.15, 0.2) is 0 Å². The third-order valence-electron chi connectivity index (χ3n) is 2.52. The molecular formula is C10H15N3O3. The van der Waals surface area contributed by atoms with E-state index in [1.165, 1.54) is 4.90 Å². The van der Waals surface area contributed by atoms with Gasteiger partial charge >= 0.3 is 5.97 Å². The van der Waals surface area contributed by atoms with E-state index in [2.05, 4.69) is 10.2 Å². The third kappa shape index (κ3) is 2.05. The van der Waals surface area contributed by atoms with Crippen molar-refractivity contribution in [2.75, 3.05) is 6.54 Å². The van der Waals surface area contributed by atoms with Crippen LogP contribution in [-0.4, -0.2) is 39.1 Å². The number of hydrogen-bond acceptors (Lipinski definition) is 3. The second-order valence-corrected chi connectivity index (χ2v) is 3.52. The number of aromatic nitrogens is 2. The van der Waals surface area contributed by atoms with E-state index < -0.39 is 12.0 Å². The van der Waals surface area contributed by atoms with Crippen LogP contribution in [0.3, 0.4) is 0 Å². The van der Waals surface area contributed by atoms with Gasteiger partial charge in [-0.25, -0.2) is 4.79 Å². The smallest absolute Gasteiger partial charge is 0.331 e. The monoisotopic (exact) mass is 225 g/mol. The molecule has 1 aromatic rings. The van der Waals surface area contributed by atoms with Gasteiger partial charge in [0.05, 0.1) is 5.69 Å². The van der Waals surface area contributed by atoms with Crippen molar-refractivity contribution >= 4 is 12.4 Å². The molecule has 0 bridgehead atoms. The molecule has 0 fully saturated rings. The predicted molar refractivity (Wildman–Crippen MR) is 56.9 cm³/mol. The highest BCUT2D eigenvalue weighted by atomic mass is 16.4. The number of rotatable bonds is 5. The fourth-order valence-electron chi connectivity index (χ4n) is 1.71. The summed E-state index contributed by atoms with van der Waals surface area (Å²) in [5, 5.41) is 15.8. The number of amides is 1. The Labute approximate surface area is 93.3 Å². The van der Waals surface area contributed by atoms with Gasteiger partial charge in [-0.15, -0.1) is 0 Å². The molecule has 2 N–H and O–H groups in total. The molecule has 0 aromatic carbocycles. The van der Waals surface area contributed by atoms with E-state index in [1.807, 2.05) is 0 Å². The number of carboxylic acids is 1. The molecular weight excluding hydrogens is 210 g/mol. The molecule has 1 heterocycles. The van der Waals surface area contributed by atoms with Crippen LogP contribution in [-0.2, 0) is 9.59 Å². The quantitative estimate of drug-likeness (QED) is 0.719. The first kappa shape index (κ1) is 12.2. The van der Waals surface area contributed by atoms with Crippen molar-refractivity contribution in [1.29, 1.82) is 0 Å². The zero-order valence-corrected chi connectivity index (χ0v) is 9.52. The fourth-order valence-corrected chi connectivity index (χ4v) is 1.71. The molecule has 0 saturated carbocycles. The topological polar surface area (TPSA) is 86.3 Å². The molecule has 1 atom stereocenters. The largest absolute Gasteiger partial charge is 0.479 e. The fraction of sp³-hybridized carbons (Fsp3) is 0.500. The summed E-state index contributed by atoms with van der Waals surface area (Å²) in [7, 11) is 0. The Morgan fingerprint density at radius 2 is 2.25 bits per heavy atom. The summed E-state index contributed by atoms with van der Waals surface area (Å²) in [5.74, 6) is -1.05. The van der Waals surface area contributed by atoms with Gasteiger partial charge in [-0.05, 0) is 20.8 Å². The van der Waals surface area contributed by atoms with Crippen molar-refractivity contribution in [2.24, 2.45) is 0 Å². The minimum Gasteiger partial charge on any atom is -0.479 e. The molecule has 0 saturated heterocycles. The van der Waals surface area contributed by atoms with E-state index in [4.69, 9.17) is 0 Å². The summed E-state index contributed by atoms with van der Waals surface area (Å²) in [5.41, 5.74) is 1.83.